The van der Waals surface area contributed by atoms with Gasteiger partial charge in [-0.25, -0.2) is 9.97 Å². The zero-order valence-corrected chi connectivity index (χ0v) is 16.1. The van der Waals surface area contributed by atoms with Crippen molar-refractivity contribution in [3.8, 4) is 17.0 Å². The molecule has 3 aromatic heterocycles. The standard InChI is InChI=1S/C20H19ClN6O/c1-26-11-12-6-15(19(28)9-17(12)25-26)18-8-16(21)14-7-13(10-23-20(14)24-18)27-4-2-22-3-5-27/h6-11,22,28H,2-5H2,1H3. The Kier molecular flexibility index (Phi) is 4.07. The molecule has 28 heavy (non-hydrogen) atoms. The summed E-state index contributed by atoms with van der Waals surface area (Å²) >= 11 is 6.59. The first-order chi connectivity index (χ1) is 13.6. The third kappa shape index (κ3) is 2.93. The molecule has 142 valence electrons. The van der Waals surface area contributed by atoms with Gasteiger partial charge in [0.25, 0.3) is 0 Å². The van der Waals surface area contributed by atoms with Crippen molar-refractivity contribution in [1.29, 1.82) is 0 Å². The summed E-state index contributed by atoms with van der Waals surface area (Å²) in [6, 6.07) is 7.34. The molecule has 0 unspecified atom stereocenters. The van der Waals surface area contributed by atoms with Crippen LogP contribution in [0.2, 0.25) is 5.02 Å². The lowest BCUT2D eigenvalue weighted by atomic mass is 10.1. The number of pyridine rings is 2. The van der Waals surface area contributed by atoms with Gasteiger partial charge in [0, 0.05) is 61.8 Å². The number of hydrogen-bond acceptors (Lipinski definition) is 6. The molecule has 5 rings (SSSR count). The third-order valence-corrected chi connectivity index (χ3v) is 5.41. The second-order valence-corrected chi connectivity index (χ2v) is 7.43. The van der Waals surface area contributed by atoms with Crippen molar-refractivity contribution in [2.75, 3.05) is 31.1 Å². The maximum Gasteiger partial charge on any atom is 0.161 e. The molecule has 0 bridgehead atoms. The van der Waals surface area contributed by atoms with Gasteiger partial charge in [0.2, 0.25) is 0 Å². The highest BCUT2D eigenvalue weighted by Gasteiger charge is 2.16. The number of piperazine rings is 1. The van der Waals surface area contributed by atoms with Gasteiger partial charge >= 0.3 is 0 Å². The number of nitrogens with one attached hydrogen (secondary N) is 1. The number of hydrogen-bond donors (Lipinski definition) is 2. The summed E-state index contributed by atoms with van der Waals surface area (Å²) in [5.41, 5.74) is 3.53. The molecule has 2 N–H and O–H groups in total. The van der Waals surface area contributed by atoms with Gasteiger partial charge in [-0.15, -0.1) is 0 Å². The van der Waals surface area contributed by atoms with Gasteiger partial charge in [0.1, 0.15) is 5.75 Å². The maximum atomic E-state index is 10.5. The van der Waals surface area contributed by atoms with E-state index < -0.39 is 0 Å². The number of rotatable bonds is 2. The van der Waals surface area contributed by atoms with Gasteiger partial charge < -0.3 is 15.3 Å². The fourth-order valence-corrected chi connectivity index (χ4v) is 3.92. The van der Waals surface area contributed by atoms with Crippen LogP contribution in [0.4, 0.5) is 5.69 Å². The fourth-order valence-electron chi connectivity index (χ4n) is 3.68. The lowest BCUT2D eigenvalue weighted by Gasteiger charge is -2.29. The number of anilines is 1. The van der Waals surface area contributed by atoms with Crippen molar-refractivity contribution in [2.24, 2.45) is 7.05 Å². The summed E-state index contributed by atoms with van der Waals surface area (Å²) in [5, 5.41) is 20.5. The Hall–Kier alpha value is -2.90. The van der Waals surface area contributed by atoms with E-state index in [1.807, 2.05) is 31.6 Å². The van der Waals surface area contributed by atoms with Crippen molar-refractivity contribution in [2.45, 2.75) is 0 Å². The van der Waals surface area contributed by atoms with Crippen LogP contribution in [-0.2, 0) is 7.05 Å². The van der Waals surface area contributed by atoms with Crippen LogP contribution in [0.25, 0.3) is 33.2 Å². The monoisotopic (exact) mass is 394 g/mol. The Labute approximate surface area is 166 Å². The van der Waals surface area contributed by atoms with Gasteiger partial charge in [-0.1, -0.05) is 11.6 Å². The fraction of sp³-hybridized carbons (Fsp3) is 0.250. The van der Waals surface area contributed by atoms with Crippen molar-refractivity contribution < 1.29 is 5.11 Å². The number of aryl methyl sites for hydroxylation is 1. The number of aromatic nitrogens is 4. The minimum atomic E-state index is 0.117. The van der Waals surface area contributed by atoms with Crippen LogP contribution in [0.1, 0.15) is 0 Å². The van der Waals surface area contributed by atoms with E-state index in [-0.39, 0.29) is 5.75 Å². The Bertz CT molecular complexity index is 1200. The normalized spacial score (nSPS) is 14.9. The second-order valence-electron chi connectivity index (χ2n) is 7.02. The maximum absolute atomic E-state index is 10.5. The molecule has 0 spiro atoms. The van der Waals surface area contributed by atoms with E-state index in [2.05, 4.69) is 25.3 Å². The van der Waals surface area contributed by atoms with E-state index >= 15 is 0 Å². The average molecular weight is 395 g/mol. The molecule has 0 amide bonds. The van der Waals surface area contributed by atoms with Crippen molar-refractivity contribution >= 4 is 39.2 Å². The first-order valence-electron chi connectivity index (χ1n) is 9.17. The minimum Gasteiger partial charge on any atom is -0.507 e. The van der Waals surface area contributed by atoms with Crippen LogP contribution in [0.15, 0.2) is 36.7 Å². The topological polar surface area (TPSA) is 79.1 Å². The van der Waals surface area contributed by atoms with Crippen LogP contribution >= 0.6 is 11.6 Å². The van der Waals surface area contributed by atoms with Gasteiger partial charge in [0.05, 0.1) is 28.1 Å². The first-order valence-corrected chi connectivity index (χ1v) is 9.55. The van der Waals surface area contributed by atoms with Crippen LogP contribution in [0, 0.1) is 0 Å². The highest BCUT2D eigenvalue weighted by Crippen LogP contribution is 2.35. The molecule has 4 aromatic rings. The molecule has 1 aliphatic heterocycles. The SMILES string of the molecule is Cn1cc2cc(-c3cc(Cl)c4cc(N5CCNCC5)cnc4n3)c(O)cc2n1. The highest BCUT2D eigenvalue weighted by molar-refractivity contribution is 6.35. The van der Waals surface area contributed by atoms with E-state index in [0.29, 0.717) is 21.9 Å². The Morgan fingerprint density at radius 1 is 1.14 bits per heavy atom. The lowest BCUT2D eigenvalue weighted by Crippen LogP contribution is -2.43. The number of phenolic OH excluding ortho intramolecular Hbond substituents is 1. The number of phenols is 1. The van der Waals surface area contributed by atoms with E-state index in [0.717, 1.165) is 48.2 Å². The largest absolute Gasteiger partial charge is 0.507 e. The zero-order valence-electron chi connectivity index (χ0n) is 15.4. The quantitative estimate of drug-likeness (QED) is 0.544. The van der Waals surface area contributed by atoms with Crippen LogP contribution in [0.3, 0.4) is 0 Å². The van der Waals surface area contributed by atoms with Gasteiger partial charge in [-0.05, 0) is 18.2 Å². The lowest BCUT2D eigenvalue weighted by molar-refractivity contribution is 0.478. The van der Waals surface area contributed by atoms with Crippen LogP contribution in [-0.4, -0.2) is 51.0 Å². The number of benzene rings is 1. The molecule has 0 saturated carbocycles. The van der Waals surface area contributed by atoms with Gasteiger partial charge in [-0.2, -0.15) is 5.10 Å². The van der Waals surface area contributed by atoms with Crippen molar-refractivity contribution in [3.63, 3.8) is 0 Å². The molecule has 0 atom stereocenters. The minimum absolute atomic E-state index is 0.117. The van der Waals surface area contributed by atoms with Crippen molar-refractivity contribution in [3.05, 3.63) is 41.7 Å². The molecule has 0 radical (unpaired) electrons. The van der Waals surface area contributed by atoms with Gasteiger partial charge in [-0.3, -0.25) is 4.68 Å². The summed E-state index contributed by atoms with van der Waals surface area (Å²) in [6.07, 6.45) is 3.74. The number of nitrogens with zero attached hydrogens (tertiary/aromatic N) is 5. The zero-order chi connectivity index (χ0) is 19.3. The highest BCUT2D eigenvalue weighted by atomic mass is 35.5. The summed E-state index contributed by atoms with van der Waals surface area (Å²) in [4.78, 5) is 11.5. The molecule has 1 fully saturated rings. The van der Waals surface area contributed by atoms with Gasteiger partial charge in [0.15, 0.2) is 5.65 Å². The summed E-state index contributed by atoms with van der Waals surface area (Å²) in [5.74, 6) is 0.117. The predicted octanol–water partition coefficient (Wildman–Crippen LogP) is 2.95. The molecule has 1 aliphatic rings. The number of aromatic hydroxyl groups is 1. The molecular weight excluding hydrogens is 376 g/mol. The Balaban J connectivity index is 1.60. The first kappa shape index (κ1) is 17.2. The molecule has 0 aliphatic carbocycles. The Morgan fingerprint density at radius 3 is 2.79 bits per heavy atom. The van der Waals surface area contributed by atoms with Crippen molar-refractivity contribution in [1.82, 2.24) is 25.1 Å². The van der Waals surface area contributed by atoms with E-state index in [1.54, 1.807) is 16.8 Å². The molecule has 8 heteroatoms. The molecular formula is C20H19ClN6O. The van der Waals surface area contributed by atoms with E-state index in [9.17, 15) is 5.11 Å². The number of fused-ring (bicyclic) bond motifs is 2. The average Bonchev–Trinajstić information content (AvgIpc) is 3.06. The van der Waals surface area contributed by atoms with E-state index in [1.165, 1.54) is 0 Å². The van der Waals surface area contributed by atoms with E-state index in [4.69, 9.17) is 11.6 Å². The molecule has 4 heterocycles. The van der Waals surface area contributed by atoms with Crippen LogP contribution in [0.5, 0.6) is 5.75 Å². The summed E-state index contributed by atoms with van der Waals surface area (Å²) < 4.78 is 1.72. The second kappa shape index (κ2) is 6.61. The summed E-state index contributed by atoms with van der Waals surface area (Å²) in [7, 11) is 1.85. The summed E-state index contributed by atoms with van der Waals surface area (Å²) in [6.45, 7) is 3.79. The molecule has 1 aromatic carbocycles. The van der Waals surface area contributed by atoms with Crippen LogP contribution < -0.4 is 10.2 Å². The third-order valence-electron chi connectivity index (χ3n) is 5.09. The molecule has 7 nitrogen and oxygen atoms in total. The predicted molar refractivity (Wildman–Crippen MR) is 111 cm³/mol. The number of halogens is 1. The molecule has 1 saturated heterocycles. The smallest absolute Gasteiger partial charge is 0.161 e. The Morgan fingerprint density at radius 2 is 1.96 bits per heavy atom.